The maximum Gasteiger partial charge on any atom is 0.261 e. The SMILES string of the molecule is CC[C@H](C)NC(=O)[C@H](CC)N(Cc1ccc(C)cc1)C(=O)COc1ccc(Cl)cc1Cl. The molecule has 2 aromatic rings. The highest BCUT2D eigenvalue weighted by Gasteiger charge is 2.29. The highest BCUT2D eigenvalue weighted by molar-refractivity contribution is 6.35. The van der Waals surface area contributed by atoms with Gasteiger partial charge in [0.2, 0.25) is 5.91 Å². The molecule has 0 saturated carbocycles. The molecule has 0 heterocycles. The standard InChI is InChI=1S/C24H30Cl2N2O3/c1-5-17(4)27-24(30)21(6-2)28(14-18-9-7-16(3)8-10-18)23(29)15-31-22-12-11-19(25)13-20(22)26/h7-13,17,21H,5-6,14-15H2,1-4H3,(H,27,30)/t17-,21-/m0/s1. The van der Waals surface area contributed by atoms with Crippen molar-refractivity contribution in [3.63, 3.8) is 0 Å². The number of hydrogen-bond donors (Lipinski definition) is 1. The fourth-order valence-electron chi connectivity index (χ4n) is 3.07. The van der Waals surface area contributed by atoms with Gasteiger partial charge in [0.1, 0.15) is 11.8 Å². The summed E-state index contributed by atoms with van der Waals surface area (Å²) >= 11 is 12.1. The Balaban J connectivity index is 2.22. The topological polar surface area (TPSA) is 58.6 Å². The lowest BCUT2D eigenvalue weighted by atomic mass is 10.1. The van der Waals surface area contributed by atoms with Crippen molar-refractivity contribution < 1.29 is 14.3 Å². The summed E-state index contributed by atoms with van der Waals surface area (Å²) in [5.74, 6) is -0.0913. The molecule has 0 bridgehead atoms. The number of carbonyl (C=O) groups excluding carboxylic acids is 2. The zero-order valence-electron chi connectivity index (χ0n) is 18.5. The Bertz CT molecular complexity index is 887. The molecule has 2 amide bonds. The van der Waals surface area contributed by atoms with Gasteiger partial charge in [-0.15, -0.1) is 0 Å². The molecule has 0 aliphatic carbocycles. The summed E-state index contributed by atoms with van der Waals surface area (Å²) in [6.07, 6.45) is 1.30. The van der Waals surface area contributed by atoms with E-state index < -0.39 is 6.04 Å². The van der Waals surface area contributed by atoms with Gasteiger partial charge in [0.05, 0.1) is 5.02 Å². The number of ether oxygens (including phenoxy) is 1. The van der Waals surface area contributed by atoms with Gasteiger partial charge >= 0.3 is 0 Å². The Morgan fingerprint density at radius 3 is 2.32 bits per heavy atom. The largest absolute Gasteiger partial charge is 0.482 e. The molecule has 168 valence electrons. The van der Waals surface area contributed by atoms with E-state index in [1.165, 1.54) is 0 Å². The molecule has 1 N–H and O–H groups in total. The smallest absolute Gasteiger partial charge is 0.261 e. The molecule has 0 aliphatic rings. The third kappa shape index (κ3) is 7.44. The second-order valence-electron chi connectivity index (χ2n) is 7.61. The molecular formula is C24H30Cl2N2O3. The Morgan fingerprint density at radius 1 is 1.06 bits per heavy atom. The normalized spacial score (nSPS) is 12.7. The Labute approximate surface area is 194 Å². The zero-order chi connectivity index (χ0) is 23.0. The van der Waals surface area contributed by atoms with Crippen LogP contribution in [0.15, 0.2) is 42.5 Å². The molecule has 5 nitrogen and oxygen atoms in total. The Hall–Kier alpha value is -2.24. The van der Waals surface area contributed by atoms with Gasteiger partial charge in [-0.2, -0.15) is 0 Å². The highest BCUT2D eigenvalue weighted by atomic mass is 35.5. The van der Waals surface area contributed by atoms with E-state index in [9.17, 15) is 9.59 Å². The number of amides is 2. The number of hydrogen-bond acceptors (Lipinski definition) is 3. The van der Waals surface area contributed by atoms with E-state index in [-0.39, 0.29) is 24.5 Å². The summed E-state index contributed by atoms with van der Waals surface area (Å²) in [5, 5.41) is 3.80. The number of benzene rings is 2. The van der Waals surface area contributed by atoms with E-state index in [4.69, 9.17) is 27.9 Å². The van der Waals surface area contributed by atoms with Crippen molar-refractivity contribution in [1.82, 2.24) is 10.2 Å². The highest BCUT2D eigenvalue weighted by Crippen LogP contribution is 2.27. The Kier molecular flexibility index (Phi) is 9.66. The Morgan fingerprint density at radius 2 is 1.74 bits per heavy atom. The van der Waals surface area contributed by atoms with Gasteiger partial charge in [-0.05, 0) is 50.5 Å². The molecule has 2 rings (SSSR count). The summed E-state index contributed by atoms with van der Waals surface area (Å²) < 4.78 is 5.65. The molecule has 31 heavy (non-hydrogen) atoms. The summed E-state index contributed by atoms with van der Waals surface area (Å²) in [5.41, 5.74) is 2.07. The average Bonchev–Trinajstić information content (AvgIpc) is 2.74. The molecule has 0 spiro atoms. The first-order valence-electron chi connectivity index (χ1n) is 10.5. The van der Waals surface area contributed by atoms with Crippen molar-refractivity contribution in [3.05, 3.63) is 63.6 Å². The van der Waals surface area contributed by atoms with Crippen molar-refractivity contribution in [2.75, 3.05) is 6.61 Å². The predicted octanol–water partition coefficient (Wildman–Crippen LogP) is 5.40. The van der Waals surface area contributed by atoms with Crippen molar-refractivity contribution >= 4 is 35.0 Å². The van der Waals surface area contributed by atoms with Crippen molar-refractivity contribution in [2.45, 2.75) is 59.2 Å². The van der Waals surface area contributed by atoms with Crippen LogP contribution >= 0.6 is 23.2 Å². The van der Waals surface area contributed by atoms with E-state index in [1.54, 1.807) is 23.1 Å². The van der Waals surface area contributed by atoms with Gasteiger partial charge in [-0.1, -0.05) is 66.9 Å². The minimum atomic E-state index is -0.605. The fraction of sp³-hybridized carbons (Fsp3) is 0.417. The van der Waals surface area contributed by atoms with E-state index in [1.807, 2.05) is 52.0 Å². The summed E-state index contributed by atoms with van der Waals surface area (Å²) in [6, 6.07) is 12.2. The van der Waals surface area contributed by atoms with Gasteiger partial charge in [0.25, 0.3) is 5.91 Å². The van der Waals surface area contributed by atoms with Gasteiger partial charge in [0.15, 0.2) is 6.61 Å². The van der Waals surface area contributed by atoms with E-state index >= 15 is 0 Å². The van der Waals surface area contributed by atoms with Gasteiger partial charge in [-0.25, -0.2) is 0 Å². The first-order valence-corrected chi connectivity index (χ1v) is 11.2. The molecule has 0 fully saturated rings. The van der Waals surface area contributed by atoms with Crippen LogP contribution in [0.2, 0.25) is 10.0 Å². The summed E-state index contributed by atoms with van der Waals surface area (Å²) in [7, 11) is 0. The van der Waals surface area contributed by atoms with E-state index in [2.05, 4.69) is 5.32 Å². The number of nitrogens with zero attached hydrogens (tertiary/aromatic N) is 1. The van der Waals surface area contributed by atoms with Crippen LogP contribution < -0.4 is 10.1 Å². The lowest BCUT2D eigenvalue weighted by molar-refractivity contribution is -0.143. The first kappa shape index (κ1) is 25.0. The fourth-order valence-corrected chi connectivity index (χ4v) is 3.53. The molecular weight excluding hydrogens is 435 g/mol. The first-order chi connectivity index (χ1) is 14.7. The molecule has 2 aromatic carbocycles. The van der Waals surface area contributed by atoms with Gasteiger partial charge in [0, 0.05) is 17.6 Å². The monoisotopic (exact) mass is 464 g/mol. The van der Waals surface area contributed by atoms with Crippen LogP contribution in [0.4, 0.5) is 0 Å². The number of halogens is 2. The maximum atomic E-state index is 13.2. The van der Waals surface area contributed by atoms with Crippen molar-refractivity contribution in [2.24, 2.45) is 0 Å². The second-order valence-corrected chi connectivity index (χ2v) is 8.46. The van der Waals surface area contributed by atoms with Crippen LogP contribution in [-0.2, 0) is 16.1 Å². The molecule has 0 saturated heterocycles. The summed E-state index contributed by atoms with van der Waals surface area (Å²) in [6.45, 7) is 7.93. The van der Waals surface area contributed by atoms with Crippen LogP contribution in [0.1, 0.15) is 44.7 Å². The molecule has 7 heteroatoms. The predicted molar refractivity (Wildman–Crippen MR) is 126 cm³/mol. The minimum Gasteiger partial charge on any atom is -0.482 e. The second kappa shape index (κ2) is 12.0. The van der Waals surface area contributed by atoms with Gasteiger partial charge < -0.3 is 15.0 Å². The van der Waals surface area contributed by atoms with Crippen LogP contribution in [-0.4, -0.2) is 35.4 Å². The molecule has 0 aliphatic heterocycles. The number of aryl methyl sites for hydroxylation is 1. The maximum absolute atomic E-state index is 13.2. The molecule has 2 atom stereocenters. The number of rotatable bonds is 10. The quantitative estimate of drug-likeness (QED) is 0.511. The minimum absolute atomic E-state index is 0.0296. The third-order valence-electron chi connectivity index (χ3n) is 5.11. The van der Waals surface area contributed by atoms with Crippen LogP contribution in [0.3, 0.4) is 0 Å². The number of carbonyl (C=O) groups is 2. The van der Waals surface area contributed by atoms with E-state index in [0.717, 1.165) is 17.5 Å². The molecule has 0 unspecified atom stereocenters. The van der Waals surface area contributed by atoms with Crippen LogP contribution in [0.5, 0.6) is 5.75 Å². The average molecular weight is 465 g/mol. The van der Waals surface area contributed by atoms with Crippen LogP contribution in [0, 0.1) is 6.92 Å². The van der Waals surface area contributed by atoms with E-state index in [0.29, 0.717) is 28.8 Å². The van der Waals surface area contributed by atoms with Crippen molar-refractivity contribution in [3.8, 4) is 5.75 Å². The summed E-state index contributed by atoms with van der Waals surface area (Å²) in [4.78, 5) is 27.7. The molecule has 0 radical (unpaired) electrons. The number of nitrogens with one attached hydrogen (secondary N) is 1. The van der Waals surface area contributed by atoms with Crippen LogP contribution in [0.25, 0.3) is 0 Å². The third-order valence-corrected chi connectivity index (χ3v) is 5.64. The lowest BCUT2D eigenvalue weighted by Crippen LogP contribution is -2.51. The molecule has 0 aromatic heterocycles. The lowest BCUT2D eigenvalue weighted by Gasteiger charge is -2.31. The zero-order valence-corrected chi connectivity index (χ0v) is 20.0. The van der Waals surface area contributed by atoms with Crippen molar-refractivity contribution in [1.29, 1.82) is 0 Å². The van der Waals surface area contributed by atoms with Gasteiger partial charge in [-0.3, -0.25) is 9.59 Å².